The number of hydrogen-bond acceptors (Lipinski definition) is 3. The molecule has 0 aliphatic heterocycles. The van der Waals surface area contributed by atoms with Crippen LogP contribution in [0.5, 0.6) is 11.5 Å². The van der Waals surface area contributed by atoms with E-state index in [4.69, 9.17) is 4.74 Å². The second kappa shape index (κ2) is 9.08. The van der Waals surface area contributed by atoms with Crippen molar-refractivity contribution in [3.63, 3.8) is 0 Å². The van der Waals surface area contributed by atoms with Crippen molar-refractivity contribution in [2.75, 3.05) is 18.4 Å². The molecule has 0 spiro atoms. The molecule has 0 unspecified atom stereocenters. The third kappa shape index (κ3) is 5.03. The summed E-state index contributed by atoms with van der Waals surface area (Å²) in [7, 11) is 0. The lowest BCUT2D eigenvalue weighted by atomic mass is 10.1. The smallest absolute Gasteiger partial charge is 0.238 e. The van der Waals surface area contributed by atoms with Crippen molar-refractivity contribution in [1.82, 2.24) is 10.3 Å². The van der Waals surface area contributed by atoms with Gasteiger partial charge in [-0.2, -0.15) is 0 Å². The lowest BCUT2D eigenvalue weighted by Gasteiger charge is -2.09. The highest BCUT2D eigenvalue weighted by molar-refractivity contribution is 5.92. The summed E-state index contributed by atoms with van der Waals surface area (Å²) in [4.78, 5) is 15.4. The predicted molar refractivity (Wildman–Crippen MR) is 116 cm³/mol. The monoisotopic (exact) mass is 385 g/mol. The standard InChI is InChI=1S/C24H23N3O2/c28-24(17-25-15-14-18-16-26-23-9-5-4-8-22(18)23)27-19-10-12-21(13-11-19)29-20-6-2-1-3-7-20/h1-13,16,25-26H,14-15,17H2,(H,27,28). The average Bonchev–Trinajstić information content (AvgIpc) is 3.17. The fourth-order valence-electron chi connectivity index (χ4n) is 3.20. The molecule has 0 saturated heterocycles. The van der Waals surface area contributed by atoms with Crippen molar-refractivity contribution < 1.29 is 9.53 Å². The van der Waals surface area contributed by atoms with Crippen molar-refractivity contribution in [2.24, 2.45) is 0 Å². The summed E-state index contributed by atoms with van der Waals surface area (Å²) in [5.74, 6) is 1.44. The minimum absolute atomic E-state index is 0.0688. The number of fused-ring (bicyclic) bond motifs is 1. The number of hydrogen-bond donors (Lipinski definition) is 3. The minimum atomic E-state index is -0.0688. The Balaban J connectivity index is 1.21. The van der Waals surface area contributed by atoms with Crippen LogP contribution in [0.3, 0.4) is 0 Å². The lowest BCUT2D eigenvalue weighted by molar-refractivity contribution is -0.115. The molecular formula is C24H23N3O2. The van der Waals surface area contributed by atoms with Crippen LogP contribution >= 0.6 is 0 Å². The first-order chi connectivity index (χ1) is 14.3. The summed E-state index contributed by atoms with van der Waals surface area (Å²) in [6.07, 6.45) is 2.90. The van der Waals surface area contributed by atoms with Gasteiger partial charge in [-0.15, -0.1) is 0 Å². The number of amides is 1. The van der Waals surface area contributed by atoms with Gasteiger partial charge in [-0.3, -0.25) is 4.79 Å². The summed E-state index contributed by atoms with van der Waals surface area (Å²) < 4.78 is 5.76. The molecule has 3 aromatic carbocycles. The molecular weight excluding hydrogens is 362 g/mol. The van der Waals surface area contributed by atoms with E-state index in [2.05, 4.69) is 27.8 Å². The van der Waals surface area contributed by atoms with Gasteiger partial charge in [0.2, 0.25) is 5.91 Å². The average molecular weight is 385 g/mol. The molecule has 1 heterocycles. The molecule has 3 N–H and O–H groups in total. The molecule has 1 amide bonds. The van der Waals surface area contributed by atoms with E-state index in [1.54, 1.807) is 0 Å². The van der Waals surface area contributed by atoms with Gasteiger partial charge in [-0.1, -0.05) is 36.4 Å². The first-order valence-electron chi connectivity index (χ1n) is 9.66. The van der Waals surface area contributed by atoms with E-state index < -0.39 is 0 Å². The Morgan fingerprint density at radius 1 is 0.862 bits per heavy atom. The van der Waals surface area contributed by atoms with Gasteiger partial charge in [-0.25, -0.2) is 0 Å². The summed E-state index contributed by atoms with van der Waals surface area (Å²) in [6.45, 7) is 1.00. The molecule has 146 valence electrons. The van der Waals surface area contributed by atoms with Crippen LogP contribution < -0.4 is 15.4 Å². The largest absolute Gasteiger partial charge is 0.457 e. The second-order valence-electron chi connectivity index (χ2n) is 6.77. The van der Waals surface area contributed by atoms with Gasteiger partial charge in [0, 0.05) is 22.8 Å². The molecule has 5 heteroatoms. The number of para-hydroxylation sites is 2. The molecule has 0 bridgehead atoms. The number of carbonyl (C=O) groups is 1. The number of H-pyrrole nitrogens is 1. The normalized spacial score (nSPS) is 10.8. The third-order valence-electron chi connectivity index (χ3n) is 4.65. The molecule has 0 saturated carbocycles. The molecule has 1 aromatic heterocycles. The quantitative estimate of drug-likeness (QED) is 0.384. The highest BCUT2D eigenvalue weighted by atomic mass is 16.5. The maximum atomic E-state index is 12.2. The maximum Gasteiger partial charge on any atom is 0.238 e. The Morgan fingerprint density at radius 3 is 2.41 bits per heavy atom. The number of aromatic nitrogens is 1. The maximum absolute atomic E-state index is 12.2. The van der Waals surface area contributed by atoms with Crippen LogP contribution in [0.15, 0.2) is 85.1 Å². The molecule has 0 fully saturated rings. The van der Waals surface area contributed by atoms with E-state index in [0.29, 0.717) is 0 Å². The fourth-order valence-corrected chi connectivity index (χ4v) is 3.20. The molecule has 0 radical (unpaired) electrons. The Bertz CT molecular complexity index is 1070. The minimum Gasteiger partial charge on any atom is -0.457 e. The molecule has 0 aliphatic carbocycles. The van der Waals surface area contributed by atoms with Gasteiger partial charge in [0.15, 0.2) is 0 Å². The van der Waals surface area contributed by atoms with Crippen LogP contribution in [-0.4, -0.2) is 24.0 Å². The highest BCUT2D eigenvalue weighted by Gasteiger charge is 2.05. The number of ether oxygens (including phenoxy) is 1. The van der Waals surface area contributed by atoms with Crippen LogP contribution in [0.4, 0.5) is 5.69 Å². The number of benzene rings is 3. The van der Waals surface area contributed by atoms with E-state index >= 15 is 0 Å². The van der Waals surface area contributed by atoms with Gasteiger partial charge < -0.3 is 20.4 Å². The van der Waals surface area contributed by atoms with Gasteiger partial charge in [0.05, 0.1) is 6.54 Å². The number of nitrogens with one attached hydrogen (secondary N) is 3. The van der Waals surface area contributed by atoms with Gasteiger partial charge in [-0.05, 0) is 61.0 Å². The molecule has 4 aromatic rings. The van der Waals surface area contributed by atoms with Crippen LogP contribution in [0.1, 0.15) is 5.56 Å². The summed E-state index contributed by atoms with van der Waals surface area (Å²) in [5, 5.41) is 7.33. The predicted octanol–water partition coefficient (Wildman–Crippen LogP) is 4.73. The lowest BCUT2D eigenvalue weighted by Crippen LogP contribution is -2.29. The van der Waals surface area contributed by atoms with Gasteiger partial charge in [0.25, 0.3) is 0 Å². The molecule has 4 rings (SSSR count). The van der Waals surface area contributed by atoms with Crippen LogP contribution in [-0.2, 0) is 11.2 Å². The zero-order valence-corrected chi connectivity index (χ0v) is 16.0. The van der Waals surface area contributed by atoms with Gasteiger partial charge in [0.1, 0.15) is 11.5 Å². The van der Waals surface area contributed by atoms with Gasteiger partial charge >= 0.3 is 0 Å². The summed E-state index contributed by atoms with van der Waals surface area (Å²) in [5.41, 5.74) is 3.14. The van der Waals surface area contributed by atoms with E-state index in [1.807, 2.05) is 72.9 Å². The zero-order chi connectivity index (χ0) is 19.9. The van der Waals surface area contributed by atoms with Crippen molar-refractivity contribution in [3.05, 3.63) is 90.6 Å². The molecule has 0 aliphatic rings. The topological polar surface area (TPSA) is 66.2 Å². The van der Waals surface area contributed by atoms with E-state index in [0.717, 1.165) is 35.7 Å². The molecule has 29 heavy (non-hydrogen) atoms. The zero-order valence-electron chi connectivity index (χ0n) is 16.0. The Labute approximate surface area is 169 Å². The first kappa shape index (κ1) is 18.8. The highest BCUT2D eigenvalue weighted by Crippen LogP contribution is 2.22. The van der Waals surface area contributed by atoms with Crippen molar-refractivity contribution in [1.29, 1.82) is 0 Å². The summed E-state index contributed by atoms with van der Waals surface area (Å²) in [6, 6.07) is 25.2. The van der Waals surface area contributed by atoms with Crippen LogP contribution in [0.25, 0.3) is 10.9 Å². The Morgan fingerprint density at radius 2 is 1.59 bits per heavy atom. The number of aromatic amines is 1. The number of carbonyl (C=O) groups excluding carboxylic acids is 1. The van der Waals surface area contributed by atoms with E-state index in [1.165, 1.54) is 10.9 Å². The first-order valence-corrected chi connectivity index (χ1v) is 9.66. The van der Waals surface area contributed by atoms with Crippen molar-refractivity contribution >= 4 is 22.5 Å². The Kier molecular flexibility index (Phi) is 5.88. The third-order valence-corrected chi connectivity index (χ3v) is 4.65. The second-order valence-corrected chi connectivity index (χ2v) is 6.77. The van der Waals surface area contributed by atoms with E-state index in [-0.39, 0.29) is 12.5 Å². The number of anilines is 1. The number of rotatable bonds is 8. The van der Waals surface area contributed by atoms with Crippen LogP contribution in [0.2, 0.25) is 0 Å². The van der Waals surface area contributed by atoms with Crippen molar-refractivity contribution in [3.8, 4) is 11.5 Å². The van der Waals surface area contributed by atoms with Crippen LogP contribution in [0, 0.1) is 0 Å². The van der Waals surface area contributed by atoms with Crippen molar-refractivity contribution in [2.45, 2.75) is 6.42 Å². The Hall–Kier alpha value is -3.57. The molecule has 5 nitrogen and oxygen atoms in total. The SMILES string of the molecule is O=C(CNCCc1c[nH]c2ccccc12)Nc1ccc(Oc2ccccc2)cc1. The molecule has 0 atom stereocenters. The van der Waals surface area contributed by atoms with E-state index in [9.17, 15) is 4.79 Å². The summed E-state index contributed by atoms with van der Waals surface area (Å²) >= 11 is 0. The fraction of sp³-hybridized carbons (Fsp3) is 0.125.